The SMILES string of the molecule is O=C(O)C(c1ccccc1O)(C1CCCC1)C1C2CCC1(Cc1ccccc1)NC2. The average Bonchev–Trinajstić information content (AvgIpc) is 3.48. The van der Waals surface area contributed by atoms with E-state index in [4.69, 9.17) is 0 Å². The van der Waals surface area contributed by atoms with Crippen LogP contribution in [0.4, 0.5) is 0 Å². The van der Waals surface area contributed by atoms with Crippen molar-refractivity contribution in [2.24, 2.45) is 17.8 Å². The van der Waals surface area contributed by atoms with Gasteiger partial charge in [0.2, 0.25) is 0 Å². The summed E-state index contributed by atoms with van der Waals surface area (Å²) in [6, 6.07) is 17.7. The molecule has 158 valence electrons. The fraction of sp³-hybridized carbons (Fsp3) is 0.500. The molecule has 4 heteroatoms. The molecule has 2 aromatic carbocycles. The lowest BCUT2D eigenvalue weighted by Gasteiger charge is -2.47. The number of hydrogen-bond acceptors (Lipinski definition) is 3. The maximum atomic E-state index is 13.3. The summed E-state index contributed by atoms with van der Waals surface area (Å²) < 4.78 is 0. The van der Waals surface area contributed by atoms with Crippen LogP contribution in [0.3, 0.4) is 0 Å². The van der Waals surface area contributed by atoms with E-state index in [2.05, 4.69) is 29.6 Å². The predicted octanol–water partition coefficient (Wildman–Crippen LogP) is 4.52. The summed E-state index contributed by atoms with van der Waals surface area (Å²) in [4.78, 5) is 13.3. The summed E-state index contributed by atoms with van der Waals surface area (Å²) in [6.07, 6.45) is 6.88. The minimum atomic E-state index is -1.05. The van der Waals surface area contributed by atoms with Crippen molar-refractivity contribution >= 4 is 5.97 Å². The number of aromatic hydroxyl groups is 1. The average molecular weight is 406 g/mol. The van der Waals surface area contributed by atoms with E-state index in [0.29, 0.717) is 11.5 Å². The van der Waals surface area contributed by atoms with Crippen molar-refractivity contribution in [1.82, 2.24) is 5.32 Å². The Bertz CT molecular complexity index is 913. The molecule has 2 bridgehead atoms. The molecular formula is C26H31NO3. The lowest BCUT2D eigenvalue weighted by atomic mass is 9.55. The third-order valence-corrected chi connectivity index (χ3v) is 8.30. The molecule has 4 nitrogen and oxygen atoms in total. The monoisotopic (exact) mass is 405 g/mol. The van der Waals surface area contributed by atoms with E-state index in [1.165, 1.54) is 5.56 Å². The van der Waals surface area contributed by atoms with Crippen LogP contribution in [0.1, 0.15) is 49.7 Å². The Hall–Kier alpha value is -2.33. The summed E-state index contributed by atoms with van der Waals surface area (Å²) in [5.41, 5.74) is 0.583. The molecule has 3 N–H and O–H groups in total. The van der Waals surface area contributed by atoms with Gasteiger partial charge < -0.3 is 15.5 Å². The van der Waals surface area contributed by atoms with E-state index in [0.717, 1.165) is 51.5 Å². The van der Waals surface area contributed by atoms with E-state index in [-0.39, 0.29) is 23.1 Å². The van der Waals surface area contributed by atoms with Crippen LogP contribution in [-0.2, 0) is 16.6 Å². The Morgan fingerprint density at radius 1 is 1.03 bits per heavy atom. The number of carbonyl (C=O) groups is 1. The maximum Gasteiger partial charge on any atom is 0.314 e. The van der Waals surface area contributed by atoms with Crippen LogP contribution in [0.5, 0.6) is 5.75 Å². The number of carboxylic acid groups (broad SMARTS) is 1. The van der Waals surface area contributed by atoms with Crippen molar-refractivity contribution in [3.05, 3.63) is 65.7 Å². The largest absolute Gasteiger partial charge is 0.508 e. The second-order valence-electron chi connectivity index (χ2n) is 9.65. The van der Waals surface area contributed by atoms with Crippen molar-refractivity contribution in [2.45, 2.75) is 55.9 Å². The van der Waals surface area contributed by atoms with Gasteiger partial charge in [-0.05, 0) is 62.1 Å². The summed E-state index contributed by atoms with van der Waals surface area (Å²) >= 11 is 0. The van der Waals surface area contributed by atoms with Crippen molar-refractivity contribution in [3.63, 3.8) is 0 Å². The zero-order valence-corrected chi connectivity index (χ0v) is 17.4. The standard InChI is InChI=1S/C26H31NO3/c28-22-13-7-6-12-21(22)26(24(29)30,20-10-4-5-11-20)23-19-14-15-25(23,27-17-19)16-18-8-2-1-3-9-18/h1-3,6-9,12-13,19-20,23,27-28H,4-5,10-11,14-17H2,(H,29,30). The minimum absolute atomic E-state index is 0.0286. The fourth-order valence-corrected chi connectivity index (χ4v) is 7.27. The molecule has 30 heavy (non-hydrogen) atoms. The Labute approximate surface area is 178 Å². The summed E-state index contributed by atoms with van der Waals surface area (Å²) in [5.74, 6) is -0.269. The molecule has 0 spiro atoms. The van der Waals surface area contributed by atoms with Crippen LogP contribution in [0.15, 0.2) is 54.6 Å². The number of phenolic OH excluding ortho intramolecular Hbond substituents is 1. The van der Waals surface area contributed by atoms with Crippen LogP contribution >= 0.6 is 0 Å². The van der Waals surface area contributed by atoms with Crippen LogP contribution in [0.2, 0.25) is 0 Å². The van der Waals surface area contributed by atoms with Crippen molar-refractivity contribution < 1.29 is 15.0 Å². The van der Waals surface area contributed by atoms with Crippen LogP contribution in [0, 0.1) is 17.8 Å². The van der Waals surface area contributed by atoms with Gasteiger partial charge in [0.25, 0.3) is 0 Å². The van der Waals surface area contributed by atoms with Gasteiger partial charge in [-0.3, -0.25) is 4.79 Å². The number of hydrogen-bond donors (Lipinski definition) is 3. The number of nitrogens with one attached hydrogen (secondary N) is 1. The molecule has 1 saturated heterocycles. The smallest absolute Gasteiger partial charge is 0.314 e. The van der Waals surface area contributed by atoms with Crippen molar-refractivity contribution in [3.8, 4) is 5.75 Å². The molecule has 1 heterocycles. The van der Waals surface area contributed by atoms with Gasteiger partial charge in [0.1, 0.15) is 11.2 Å². The second-order valence-corrected chi connectivity index (χ2v) is 9.65. The minimum Gasteiger partial charge on any atom is -0.508 e. The highest BCUT2D eigenvalue weighted by molar-refractivity contribution is 5.84. The van der Waals surface area contributed by atoms with Gasteiger partial charge in [-0.25, -0.2) is 0 Å². The van der Waals surface area contributed by atoms with E-state index in [1.54, 1.807) is 12.1 Å². The van der Waals surface area contributed by atoms with Crippen molar-refractivity contribution in [2.75, 3.05) is 6.54 Å². The highest BCUT2D eigenvalue weighted by atomic mass is 16.4. The molecule has 3 aliphatic rings. The number of aliphatic carboxylic acids is 1. The summed E-state index contributed by atoms with van der Waals surface area (Å²) in [5, 5.41) is 25.6. The molecule has 5 rings (SSSR count). The molecule has 1 aliphatic heterocycles. The van der Waals surface area contributed by atoms with Crippen LogP contribution < -0.4 is 5.32 Å². The van der Waals surface area contributed by atoms with Gasteiger partial charge in [-0.15, -0.1) is 0 Å². The molecule has 4 unspecified atom stereocenters. The molecule has 2 aliphatic carbocycles. The van der Waals surface area contributed by atoms with E-state index in [9.17, 15) is 15.0 Å². The lowest BCUT2D eigenvalue weighted by molar-refractivity contribution is -0.151. The third-order valence-electron chi connectivity index (χ3n) is 8.30. The highest BCUT2D eigenvalue weighted by Crippen LogP contribution is 2.61. The zero-order valence-electron chi connectivity index (χ0n) is 17.4. The second kappa shape index (κ2) is 7.42. The van der Waals surface area contributed by atoms with E-state index < -0.39 is 11.4 Å². The van der Waals surface area contributed by atoms with Gasteiger partial charge in [0, 0.05) is 17.0 Å². The Balaban J connectivity index is 1.69. The number of piperidine rings is 1. The van der Waals surface area contributed by atoms with E-state index >= 15 is 0 Å². The summed E-state index contributed by atoms with van der Waals surface area (Å²) in [6.45, 7) is 0.868. The first-order valence-corrected chi connectivity index (χ1v) is 11.4. The number of para-hydroxylation sites is 1. The van der Waals surface area contributed by atoms with E-state index in [1.807, 2.05) is 18.2 Å². The molecule has 4 atom stereocenters. The molecule has 2 aromatic rings. The quantitative estimate of drug-likeness (QED) is 0.661. The van der Waals surface area contributed by atoms with Gasteiger partial charge in [0.15, 0.2) is 0 Å². The molecule has 0 radical (unpaired) electrons. The van der Waals surface area contributed by atoms with Gasteiger partial charge in [-0.2, -0.15) is 0 Å². The predicted molar refractivity (Wildman–Crippen MR) is 116 cm³/mol. The first kappa shape index (κ1) is 19.6. The highest BCUT2D eigenvalue weighted by Gasteiger charge is 2.67. The fourth-order valence-electron chi connectivity index (χ4n) is 7.27. The number of carboxylic acids is 1. The van der Waals surface area contributed by atoms with Gasteiger partial charge in [0.05, 0.1) is 0 Å². The molecule has 2 saturated carbocycles. The topological polar surface area (TPSA) is 69.6 Å². The lowest BCUT2D eigenvalue weighted by Crippen LogP contribution is -2.58. The zero-order chi connectivity index (χ0) is 20.8. The van der Waals surface area contributed by atoms with Crippen molar-refractivity contribution in [1.29, 1.82) is 0 Å². The van der Waals surface area contributed by atoms with Gasteiger partial charge in [-0.1, -0.05) is 61.4 Å². The van der Waals surface area contributed by atoms with Gasteiger partial charge >= 0.3 is 5.97 Å². The Morgan fingerprint density at radius 2 is 1.73 bits per heavy atom. The number of benzene rings is 2. The molecular weight excluding hydrogens is 374 g/mol. The van der Waals surface area contributed by atoms with Crippen LogP contribution in [0.25, 0.3) is 0 Å². The maximum absolute atomic E-state index is 13.3. The molecule has 0 aromatic heterocycles. The first-order valence-electron chi connectivity index (χ1n) is 11.4. The number of rotatable bonds is 6. The Kier molecular flexibility index (Phi) is 4.85. The normalized spacial score (nSPS) is 30.4. The third kappa shape index (κ3) is 2.80. The Morgan fingerprint density at radius 3 is 2.37 bits per heavy atom. The summed E-state index contributed by atoms with van der Waals surface area (Å²) in [7, 11) is 0. The molecule has 0 amide bonds. The number of fused-ring (bicyclic) bond motifs is 2. The molecule has 3 fully saturated rings. The van der Waals surface area contributed by atoms with Crippen LogP contribution in [-0.4, -0.2) is 28.3 Å². The first-order chi connectivity index (χ1) is 14.6. The number of phenols is 1.